The van der Waals surface area contributed by atoms with Gasteiger partial charge in [-0.1, -0.05) is 29.3 Å². The van der Waals surface area contributed by atoms with E-state index in [1.165, 1.54) is 0 Å². The van der Waals surface area contributed by atoms with Gasteiger partial charge in [0.15, 0.2) is 0 Å². The van der Waals surface area contributed by atoms with E-state index >= 15 is 0 Å². The van der Waals surface area contributed by atoms with Crippen LogP contribution in [0.15, 0.2) is 30.3 Å². The number of nitrogens with two attached hydrogens (primary N) is 1. The van der Waals surface area contributed by atoms with Gasteiger partial charge in [-0.25, -0.2) is 4.79 Å². The van der Waals surface area contributed by atoms with E-state index in [4.69, 9.17) is 33.7 Å². The van der Waals surface area contributed by atoms with Gasteiger partial charge in [0, 0.05) is 22.2 Å². The Kier molecular flexibility index (Phi) is 6.61. The van der Waals surface area contributed by atoms with Crippen LogP contribution in [-0.4, -0.2) is 23.6 Å². The van der Waals surface area contributed by atoms with Crippen molar-refractivity contribution in [3.8, 4) is 0 Å². The van der Waals surface area contributed by atoms with E-state index in [9.17, 15) is 4.79 Å². The molecule has 29 heavy (non-hydrogen) atoms. The second kappa shape index (κ2) is 8.52. The van der Waals surface area contributed by atoms with Gasteiger partial charge >= 0.3 is 6.09 Å². The summed E-state index contributed by atoms with van der Waals surface area (Å²) in [7, 11) is 1.79. The minimum Gasteiger partial charge on any atom is -0.444 e. The van der Waals surface area contributed by atoms with Crippen LogP contribution in [0.4, 0.5) is 10.5 Å². The number of carbonyl (C=O) groups is 1. The summed E-state index contributed by atoms with van der Waals surface area (Å²) in [5, 5.41) is 1.09. The molecule has 2 aromatic carbocycles. The van der Waals surface area contributed by atoms with Crippen molar-refractivity contribution in [2.45, 2.75) is 51.2 Å². The van der Waals surface area contributed by atoms with E-state index in [1.54, 1.807) is 11.9 Å². The fraction of sp³-hybridized carbons (Fsp3) is 0.409. The van der Waals surface area contributed by atoms with Gasteiger partial charge in [-0.3, -0.25) is 0 Å². The highest BCUT2D eigenvalue weighted by Gasteiger charge is 2.34. The van der Waals surface area contributed by atoms with Crippen molar-refractivity contribution in [3.05, 3.63) is 60.6 Å². The Labute approximate surface area is 195 Å². The van der Waals surface area contributed by atoms with Crippen LogP contribution in [0.2, 0.25) is 10.0 Å². The Morgan fingerprint density at radius 1 is 1.14 bits per heavy atom. The van der Waals surface area contributed by atoms with Crippen molar-refractivity contribution in [1.82, 2.24) is 4.90 Å². The summed E-state index contributed by atoms with van der Waals surface area (Å²) in [5.74, 6) is 0.164. The lowest BCUT2D eigenvalue weighted by Gasteiger charge is -2.38. The number of ether oxygens (including phenoxy) is 1. The summed E-state index contributed by atoms with van der Waals surface area (Å²) < 4.78 is 6.58. The summed E-state index contributed by atoms with van der Waals surface area (Å²) in [6, 6.07) is 9.79. The smallest absolute Gasteiger partial charge is 0.410 e. The molecule has 3 rings (SSSR count). The third-order valence-electron chi connectivity index (χ3n) is 5.16. The molecule has 2 atom stereocenters. The molecule has 0 heterocycles. The first-order valence-electron chi connectivity index (χ1n) is 9.47. The highest BCUT2D eigenvalue weighted by Crippen LogP contribution is 2.46. The highest BCUT2D eigenvalue weighted by atomic mass is 127. The number of nitrogen functional groups attached to an aromatic ring is 1. The number of hydrogen-bond acceptors (Lipinski definition) is 3. The van der Waals surface area contributed by atoms with Crippen molar-refractivity contribution in [3.63, 3.8) is 0 Å². The van der Waals surface area contributed by atoms with E-state index in [-0.39, 0.29) is 18.1 Å². The maximum absolute atomic E-state index is 12.7. The highest BCUT2D eigenvalue weighted by molar-refractivity contribution is 14.1. The molecule has 0 saturated carbocycles. The fourth-order valence-corrected chi connectivity index (χ4v) is 4.59. The minimum absolute atomic E-state index is 0.0989. The van der Waals surface area contributed by atoms with Gasteiger partial charge in [0.05, 0.1) is 16.1 Å². The van der Waals surface area contributed by atoms with Crippen molar-refractivity contribution in [1.29, 1.82) is 0 Å². The Bertz CT molecular complexity index is 943. The largest absolute Gasteiger partial charge is 0.444 e. The van der Waals surface area contributed by atoms with Crippen molar-refractivity contribution in [2.75, 3.05) is 12.8 Å². The van der Waals surface area contributed by atoms with E-state index in [1.807, 2.05) is 45.0 Å². The molecule has 1 unspecified atom stereocenters. The third-order valence-corrected chi connectivity index (χ3v) is 6.83. The normalized spacial score (nSPS) is 18.9. The van der Waals surface area contributed by atoms with Crippen LogP contribution < -0.4 is 5.73 Å². The number of amides is 1. The van der Waals surface area contributed by atoms with E-state index in [0.717, 1.165) is 33.1 Å². The zero-order valence-corrected chi connectivity index (χ0v) is 20.6. The molecular formula is C22H25Cl2IN2O2. The molecule has 0 radical (unpaired) electrons. The molecule has 2 N–H and O–H groups in total. The van der Waals surface area contributed by atoms with Gasteiger partial charge in [-0.2, -0.15) is 0 Å². The molecular weight excluding hydrogens is 522 g/mol. The number of rotatable bonds is 2. The molecule has 0 aliphatic heterocycles. The zero-order chi connectivity index (χ0) is 21.5. The molecule has 7 heteroatoms. The van der Waals surface area contributed by atoms with Crippen LogP contribution in [0.1, 0.15) is 62.3 Å². The fourth-order valence-electron chi connectivity index (χ4n) is 3.79. The molecule has 0 fully saturated rings. The summed E-state index contributed by atoms with van der Waals surface area (Å²) >= 11 is 14.6. The lowest BCUT2D eigenvalue weighted by atomic mass is 9.76. The standard InChI is InChI=1S/C22H25Cl2IN2O2/c1-22(2,3)29-21(28)27(4)20-8-6-13(12-5-7-16(23)17(24)9-12)14-10-18(25)19(26)11-15(14)20/h5,7,9-11,13,20H,6,8,26H2,1-4H3/t13?,20-/m0/s1. The quantitative estimate of drug-likeness (QED) is 0.325. The molecule has 1 aliphatic rings. The van der Waals surface area contributed by atoms with Gasteiger partial charge in [0.25, 0.3) is 0 Å². The second-order valence-electron chi connectivity index (χ2n) is 8.41. The maximum Gasteiger partial charge on any atom is 0.410 e. The molecule has 4 nitrogen and oxygen atoms in total. The molecule has 1 aliphatic carbocycles. The molecule has 0 aromatic heterocycles. The molecule has 156 valence electrons. The second-order valence-corrected chi connectivity index (χ2v) is 10.4. The van der Waals surface area contributed by atoms with Crippen LogP contribution in [0.3, 0.4) is 0 Å². The maximum atomic E-state index is 12.7. The number of halogens is 3. The summed E-state index contributed by atoms with van der Waals surface area (Å²) in [5.41, 5.74) is 9.72. The Hall–Kier alpha value is -1.18. The summed E-state index contributed by atoms with van der Waals surface area (Å²) in [6.45, 7) is 5.61. The molecule has 0 saturated heterocycles. The Morgan fingerprint density at radius 3 is 2.45 bits per heavy atom. The van der Waals surface area contributed by atoms with Crippen molar-refractivity contribution < 1.29 is 9.53 Å². The number of fused-ring (bicyclic) bond motifs is 1. The van der Waals surface area contributed by atoms with Crippen LogP contribution in [0, 0.1) is 3.57 Å². The summed E-state index contributed by atoms with van der Waals surface area (Å²) in [4.78, 5) is 14.4. The Balaban J connectivity index is 2.02. The lowest BCUT2D eigenvalue weighted by molar-refractivity contribution is 0.0202. The van der Waals surface area contributed by atoms with Crippen LogP contribution in [-0.2, 0) is 4.74 Å². The number of carbonyl (C=O) groups excluding carboxylic acids is 1. The lowest BCUT2D eigenvalue weighted by Crippen LogP contribution is -2.38. The van der Waals surface area contributed by atoms with E-state index in [2.05, 4.69) is 28.7 Å². The zero-order valence-electron chi connectivity index (χ0n) is 16.9. The number of benzene rings is 2. The van der Waals surface area contributed by atoms with Gasteiger partial charge in [-0.15, -0.1) is 0 Å². The van der Waals surface area contributed by atoms with Crippen LogP contribution in [0.5, 0.6) is 0 Å². The number of anilines is 1. The Morgan fingerprint density at radius 2 is 1.83 bits per heavy atom. The average Bonchev–Trinajstić information content (AvgIpc) is 2.62. The van der Waals surface area contributed by atoms with E-state index < -0.39 is 5.60 Å². The predicted octanol–water partition coefficient (Wildman–Crippen LogP) is 7.01. The first kappa shape index (κ1) is 22.5. The summed E-state index contributed by atoms with van der Waals surface area (Å²) in [6.07, 6.45) is 1.34. The number of nitrogens with zero attached hydrogens (tertiary/aromatic N) is 1. The first-order chi connectivity index (χ1) is 13.5. The van der Waals surface area contributed by atoms with Gasteiger partial charge in [0.1, 0.15) is 5.60 Å². The van der Waals surface area contributed by atoms with Crippen LogP contribution in [0.25, 0.3) is 0 Å². The van der Waals surface area contributed by atoms with Crippen molar-refractivity contribution >= 4 is 57.6 Å². The minimum atomic E-state index is -0.545. The molecule has 2 aromatic rings. The van der Waals surface area contributed by atoms with E-state index in [0.29, 0.717) is 15.7 Å². The molecule has 1 amide bonds. The predicted molar refractivity (Wildman–Crippen MR) is 128 cm³/mol. The first-order valence-corrected chi connectivity index (χ1v) is 11.3. The molecule has 0 spiro atoms. The van der Waals surface area contributed by atoms with Gasteiger partial charge in [-0.05, 0) is 97.2 Å². The molecule has 0 bridgehead atoms. The monoisotopic (exact) mass is 546 g/mol. The van der Waals surface area contributed by atoms with Gasteiger partial charge < -0.3 is 15.4 Å². The average molecular weight is 547 g/mol. The van der Waals surface area contributed by atoms with Crippen molar-refractivity contribution in [2.24, 2.45) is 0 Å². The SMILES string of the molecule is CN(C(=O)OC(C)(C)C)[C@H]1CCC(c2ccc(Cl)c(Cl)c2)c2cc(I)c(N)cc21. The number of hydrogen-bond donors (Lipinski definition) is 1. The van der Waals surface area contributed by atoms with Crippen LogP contribution >= 0.6 is 45.8 Å². The van der Waals surface area contributed by atoms with Gasteiger partial charge in [0.2, 0.25) is 0 Å². The third kappa shape index (κ3) is 4.94. The topological polar surface area (TPSA) is 55.6 Å².